The van der Waals surface area contributed by atoms with E-state index in [0.717, 1.165) is 16.4 Å². The topological polar surface area (TPSA) is 113 Å². The van der Waals surface area contributed by atoms with Gasteiger partial charge in [0, 0.05) is 18.7 Å². The molecule has 8 nitrogen and oxygen atoms in total. The van der Waals surface area contributed by atoms with Crippen molar-refractivity contribution in [3.63, 3.8) is 0 Å². The number of hydrogen-bond acceptors (Lipinski definition) is 5. The summed E-state index contributed by atoms with van der Waals surface area (Å²) in [5.74, 6) is -1.19. The van der Waals surface area contributed by atoms with E-state index in [9.17, 15) is 48.0 Å². The predicted molar refractivity (Wildman–Crippen MR) is 127 cm³/mol. The molecule has 2 aromatic carbocycles. The van der Waals surface area contributed by atoms with Crippen LogP contribution in [0.4, 0.5) is 37.7 Å². The van der Waals surface area contributed by atoms with E-state index in [0.29, 0.717) is 24.6 Å². The summed E-state index contributed by atoms with van der Waals surface area (Å²) in [4.78, 5) is 12.1. The molecule has 1 aliphatic rings. The fourth-order valence-electron chi connectivity index (χ4n) is 3.49. The van der Waals surface area contributed by atoms with Crippen molar-refractivity contribution < 1.29 is 48.0 Å². The van der Waals surface area contributed by atoms with Gasteiger partial charge in [-0.15, -0.1) is 0 Å². The molecule has 0 unspecified atom stereocenters. The van der Waals surface area contributed by atoms with Crippen molar-refractivity contribution in [3.8, 4) is 0 Å². The molecule has 0 saturated carbocycles. The number of benzene rings is 2. The number of anilines is 2. The molecular formula is C22H21F6N3O5S2. The highest BCUT2D eigenvalue weighted by Gasteiger charge is 2.33. The van der Waals surface area contributed by atoms with Gasteiger partial charge < -0.3 is 5.32 Å². The molecule has 2 aromatic rings. The third-order valence-corrected chi connectivity index (χ3v) is 8.73. The number of halogens is 6. The standard InChI is InChI=1S/C22H21F6N3O5S2/c1-14(21(23,24)25)9-10-29-20(32)18-8-3-15(22(26,27)28)13-19(18)30-38(35,36)17-6-4-16(5-7-17)31-11-2-12-37(31,33)34/h3-8,13,30H,1-2,9-12H2,(H,29,32). The van der Waals surface area contributed by atoms with Gasteiger partial charge in [-0.3, -0.25) is 13.8 Å². The van der Waals surface area contributed by atoms with Crippen LogP contribution >= 0.6 is 0 Å². The summed E-state index contributed by atoms with van der Waals surface area (Å²) >= 11 is 0. The third kappa shape index (κ3) is 6.78. The van der Waals surface area contributed by atoms with Gasteiger partial charge in [-0.05, 0) is 55.3 Å². The number of alkyl halides is 6. The summed E-state index contributed by atoms with van der Waals surface area (Å²) in [6.07, 6.45) is -9.92. The molecule has 3 rings (SSSR count). The minimum atomic E-state index is -4.90. The summed E-state index contributed by atoms with van der Waals surface area (Å²) in [6, 6.07) is 6.10. The fourth-order valence-corrected chi connectivity index (χ4v) is 6.13. The van der Waals surface area contributed by atoms with Gasteiger partial charge in [0.05, 0.1) is 33.2 Å². The van der Waals surface area contributed by atoms with Crippen LogP contribution in [-0.2, 0) is 26.2 Å². The number of nitrogens with one attached hydrogen (secondary N) is 2. The minimum absolute atomic E-state index is 0.0701. The first-order chi connectivity index (χ1) is 17.4. The van der Waals surface area contributed by atoms with E-state index in [1.54, 1.807) is 0 Å². The van der Waals surface area contributed by atoms with Crippen molar-refractivity contribution >= 4 is 37.3 Å². The van der Waals surface area contributed by atoms with Gasteiger partial charge >= 0.3 is 12.4 Å². The van der Waals surface area contributed by atoms with Gasteiger partial charge in [0.25, 0.3) is 15.9 Å². The smallest absolute Gasteiger partial charge is 0.352 e. The predicted octanol–water partition coefficient (Wildman–Crippen LogP) is 4.28. The number of hydrogen-bond donors (Lipinski definition) is 2. The molecule has 0 bridgehead atoms. The minimum Gasteiger partial charge on any atom is -0.352 e. The second-order valence-electron chi connectivity index (χ2n) is 8.21. The molecule has 208 valence electrons. The Bertz CT molecular complexity index is 1440. The first kappa shape index (κ1) is 29.3. The Morgan fingerprint density at radius 1 is 1.03 bits per heavy atom. The lowest BCUT2D eigenvalue weighted by Crippen LogP contribution is -2.28. The van der Waals surface area contributed by atoms with E-state index in [1.807, 2.05) is 4.72 Å². The Morgan fingerprint density at radius 2 is 1.66 bits per heavy atom. The van der Waals surface area contributed by atoms with E-state index < -0.39 is 78.6 Å². The molecule has 38 heavy (non-hydrogen) atoms. The Labute approximate surface area is 214 Å². The number of amides is 1. The van der Waals surface area contributed by atoms with Crippen LogP contribution in [0.5, 0.6) is 0 Å². The Morgan fingerprint density at radius 3 is 2.18 bits per heavy atom. The van der Waals surface area contributed by atoms with Crippen molar-refractivity contribution in [2.24, 2.45) is 0 Å². The average molecular weight is 586 g/mol. The number of sulfonamides is 2. The van der Waals surface area contributed by atoms with Crippen LogP contribution in [-0.4, -0.2) is 47.8 Å². The zero-order chi connectivity index (χ0) is 28.5. The molecule has 0 spiro atoms. The van der Waals surface area contributed by atoms with Crippen molar-refractivity contribution in [1.82, 2.24) is 5.32 Å². The molecule has 2 N–H and O–H groups in total. The first-order valence-corrected chi connectivity index (χ1v) is 13.9. The molecule has 1 fully saturated rings. The molecule has 1 saturated heterocycles. The summed E-state index contributed by atoms with van der Waals surface area (Å²) in [7, 11) is -8.13. The van der Waals surface area contributed by atoms with E-state index in [1.165, 1.54) is 12.1 Å². The SMILES string of the molecule is C=C(CCNC(=O)c1ccc(C(F)(F)F)cc1NS(=O)(=O)c1ccc(N2CCCS2(=O)=O)cc1)C(F)(F)F. The normalized spacial score (nSPS) is 15.8. The van der Waals surface area contributed by atoms with E-state index in [2.05, 4.69) is 11.9 Å². The van der Waals surface area contributed by atoms with Gasteiger partial charge in [0.2, 0.25) is 10.0 Å². The van der Waals surface area contributed by atoms with Crippen molar-refractivity contribution in [1.29, 1.82) is 0 Å². The van der Waals surface area contributed by atoms with Crippen molar-refractivity contribution in [2.45, 2.75) is 30.1 Å². The summed E-state index contributed by atoms with van der Waals surface area (Å²) in [6.45, 7) is 2.48. The Kier molecular flexibility index (Phi) is 8.07. The van der Waals surface area contributed by atoms with Crippen LogP contribution in [0, 0.1) is 0 Å². The molecule has 0 aromatic heterocycles. The van der Waals surface area contributed by atoms with Crippen LogP contribution in [0.1, 0.15) is 28.8 Å². The number of carbonyl (C=O) groups is 1. The summed E-state index contributed by atoms with van der Waals surface area (Å²) in [5.41, 5.74) is -3.57. The van der Waals surface area contributed by atoms with E-state index >= 15 is 0 Å². The molecule has 1 amide bonds. The molecule has 1 heterocycles. The number of nitrogens with zero attached hydrogens (tertiary/aromatic N) is 1. The molecule has 16 heteroatoms. The molecular weight excluding hydrogens is 564 g/mol. The lowest BCUT2D eigenvalue weighted by Gasteiger charge is -2.18. The van der Waals surface area contributed by atoms with Crippen LogP contribution < -0.4 is 14.3 Å². The fraction of sp³-hybridized carbons (Fsp3) is 0.318. The lowest BCUT2D eigenvalue weighted by molar-refractivity contribution is -0.137. The van der Waals surface area contributed by atoms with Gasteiger partial charge in [-0.1, -0.05) is 6.58 Å². The number of rotatable bonds is 8. The second kappa shape index (κ2) is 10.5. The largest absolute Gasteiger partial charge is 0.416 e. The van der Waals surface area contributed by atoms with E-state index in [4.69, 9.17) is 0 Å². The van der Waals surface area contributed by atoms with Crippen molar-refractivity contribution in [3.05, 3.63) is 65.7 Å². The first-order valence-electron chi connectivity index (χ1n) is 10.8. The molecule has 0 radical (unpaired) electrons. The lowest BCUT2D eigenvalue weighted by atomic mass is 10.1. The maximum atomic E-state index is 13.3. The highest BCUT2D eigenvalue weighted by Crippen LogP contribution is 2.34. The Balaban J connectivity index is 1.87. The number of carbonyl (C=O) groups excluding carboxylic acids is 1. The zero-order valence-corrected chi connectivity index (χ0v) is 21.0. The van der Waals surface area contributed by atoms with Gasteiger partial charge in [0.1, 0.15) is 0 Å². The van der Waals surface area contributed by atoms with E-state index in [-0.39, 0.29) is 18.0 Å². The molecule has 1 aliphatic heterocycles. The van der Waals surface area contributed by atoms with Crippen LogP contribution in [0.3, 0.4) is 0 Å². The highest BCUT2D eigenvalue weighted by atomic mass is 32.2. The third-order valence-electron chi connectivity index (χ3n) is 5.48. The highest BCUT2D eigenvalue weighted by molar-refractivity contribution is 7.93. The second-order valence-corrected chi connectivity index (χ2v) is 11.9. The summed E-state index contributed by atoms with van der Waals surface area (Å²) in [5, 5.41) is 2.09. The Hall–Kier alpha value is -3.27. The van der Waals surface area contributed by atoms with Crippen LogP contribution in [0.15, 0.2) is 59.5 Å². The van der Waals surface area contributed by atoms with Crippen molar-refractivity contribution in [2.75, 3.05) is 27.9 Å². The average Bonchev–Trinajstić information content (AvgIpc) is 3.16. The van der Waals surface area contributed by atoms with Crippen LogP contribution in [0.25, 0.3) is 0 Å². The zero-order valence-electron chi connectivity index (χ0n) is 19.4. The quantitative estimate of drug-likeness (QED) is 0.355. The maximum Gasteiger partial charge on any atom is 0.416 e. The molecule has 0 atom stereocenters. The molecule has 0 aliphatic carbocycles. The van der Waals surface area contributed by atoms with Gasteiger partial charge in [0.15, 0.2) is 0 Å². The van der Waals surface area contributed by atoms with Gasteiger partial charge in [-0.2, -0.15) is 26.3 Å². The van der Waals surface area contributed by atoms with Crippen LogP contribution in [0.2, 0.25) is 0 Å². The maximum absolute atomic E-state index is 13.3. The van der Waals surface area contributed by atoms with Gasteiger partial charge in [-0.25, -0.2) is 16.8 Å². The monoisotopic (exact) mass is 585 g/mol. The summed E-state index contributed by atoms with van der Waals surface area (Å²) < 4.78 is 131.